The second kappa shape index (κ2) is 7.19. The van der Waals surface area contributed by atoms with E-state index in [0.717, 1.165) is 5.56 Å². The summed E-state index contributed by atoms with van der Waals surface area (Å²) in [5.41, 5.74) is 1.32. The molecule has 1 fully saturated rings. The van der Waals surface area contributed by atoms with Crippen molar-refractivity contribution in [3.05, 3.63) is 35.4 Å². The van der Waals surface area contributed by atoms with E-state index in [2.05, 4.69) is 4.74 Å². The first-order valence-corrected chi connectivity index (χ1v) is 6.81. The van der Waals surface area contributed by atoms with Crippen molar-refractivity contribution in [1.29, 1.82) is 0 Å². The third-order valence-corrected chi connectivity index (χ3v) is 3.43. The van der Waals surface area contributed by atoms with Gasteiger partial charge in [0.05, 0.1) is 32.8 Å². The summed E-state index contributed by atoms with van der Waals surface area (Å²) >= 11 is 0. The van der Waals surface area contributed by atoms with E-state index in [1.165, 1.54) is 7.11 Å². The first kappa shape index (κ1) is 15.5. The highest BCUT2D eigenvalue weighted by Gasteiger charge is 2.26. The number of ether oxygens (including phenoxy) is 2. The molecule has 1 atom stereocenters. The van der Waals surface area contributed by atoms with Gasteiger partial charge in [0.25, 0.3) is 5.91 Å². The predicted octanol–water partition coefficient (Wildman–Crippen LogP) is 0.583. The lowest BCUT2D eigenvalue weighted by Crippen LogP contribution is -2.46. The van der Waals surface area contributed by atoms with Gasteiger partial charge in [-0.2, -0.15) is 0 Å². The summed E-state index contributed by atoms with van der Waals surface area (Å²) in [4.78, 5) is 25.3. The fraction of sp³-hybridized carbons (Fsp3) is 0.467. The summed E-state index contributed by atoms with van der Waals surface area (Å²) in [7, 11) is 1.33. The quantitative estimate of drug-likeness (QED) is 0.822. The number of aliphatic hydroxyl groups excluding tert-OH is 1. The number of esters is 1. The van der Waals surface area contributed by atoms with Gasteiger partial charge in [-0.3, -0.25) is 9.59 Å². The monoisotopic (exact) mass is 293 g/mol. The molecular weight excluding hydrogens is 274 g/mol. The topological polar surface area (TPSA) is 76.1 Å². The Morgan fingerprint density at radius 3 is 2.71 bits per heavy atom. The van der Waals surface area contributed by atoms with Gasteiger partial charge in [-0.25, -0.2) is 0 Å². The average Bonchev–Trinajstić information content (AvgIpc) is 2.54. The van der Waals surface area contributed by atoms with E-state index in [-0.39, 0.29) is 31.0 Å². The van der Waals surface area contributed by atoms with Gasteiger partial charge in [0.2, 0.25) is 0 Å². The van der Waals surface area contributed by atoms with Gasteiger partial charge in [0.1, 0.15) is 0 Å². The van der Waals surface area contributed by atoms with Crippen molar-refractivity contribution in [3.63, 3.8) is 0 Å². The maximum absolute atomic E-state index is 12.4. The largest absolute Gasteiger partial charge is 0.469 e. The summed E-state index contributed by atoms with van der Waals surface area (Å²) in [6.45, 7) is 1.23. The highest BCUT2D eigenvalue weighted by Crippen LogP contribution is 2.14. The second-order valence-electron chi connectivity index (χ2n) is 4.88. The lowest BCUT2D eigenvalue weighted by Gasteiger charge is -2.32. The molecule has 1 N–H and O–H groups in total. The fourth-order valence-electron chi connectivity index (χ4n) is 2.23. The van der Waals surface area contributed by atoms with Gasteiger partial charge in [0, 0.05) is 18.7 Å². The number of carbonyl (C=O) groups is 2. The van der Waals surface area contributed by atoms with Crippen molar-refractivity contribution < 1.29 is 24.2 Å². The molecule has 1 aliphatic rings. The Bertz CT molecular complexity index is 499. The minimum Gasteiger partial charge on any atom is -0.469 e. The summed E-state index contributed by atoms with van der Waals surface area (Å²) in [6.07, 6.45) is -0.184. The first-order valence-electron chi connectivity index (χ1n) is 6.81. The van der Waals surface area contributed by atoms with E-state index in [1.807, 2.05) is 0 Å². The number of hydrogen-bond donors (Lipinski definition) is 1. The molecule has 1 unspecified atom stereocenters. The zero-order chi connectivity index (χ0) is 15.2. The number of amides is 1. The molecule has 1 aliphatic heterocycles. The molecule has 0 aliphatic carbocycles. The molecule has 1 saturated heterocycles. The lowest BCUT2D eigenvalue weighted by atomic mass is 10.1. The van der Waals surface area contributed by atoms with Crippen LogP contribution < -0.4 is 0 Å². The molecule has 6 heteroatoms. The van der Waals surface area contributed by atoms with Gasteiger partial charge < -0.3 is 19.5 Å². The Morgan fingerprint density at radius 2 is 2.10 bits per heavy atom. The number of morpholine rings is 1. The molecule has 1 aromatic rings. The van der Waals surface area contributed by atoms with Gasteiger partial charge in [0.15, 0.2) is 0 Å². The summed E-state index contributed by atoms with van der Waals surface area (Å²) in [5, 5.41) is 9.00. The van der Waals surface area contributed by atoms with Crippen LogP contribution in [0, 0.1) is 0 Å². The van der Waals surface area contributed by atoms with Crippen molar-refractivity contribution in [2.45, 2.75) is 19.1 Å². The van der Waals surface area contributed by atoms with Crippen molar-refractivity contribution in [2.24, 2.45) is 0 Å². The van der Waals surface area contributed by atoms with Crippen LogP contribution in [0.15, 0.2) is 24.3 Å². The van der Waals surface area contributed by atoms with E-state index in [1.54, 1.807) is 29.2 Å². The molecule has 1 heterocycles. The maximum atomic E-state index is 12.4. The SMILES string of the molecule is COC(=O)CC1CN(C(=O)c2ccc(CO)cc2)CCO1. The predicted molar refractivity (Wildman–Crippen MR) is 74.6 cm³/mol. The van der Waals surface area contributed by atoms with E-state index in [9.17, 15) is 9.59 Å². The zero-order valence-corrected chi connectivity index (χ0v) is 11.9. The second-order valence-corrected chi connectivity index (χ2v) is 4.88. The highest BCUT2D eigenvalue weighted by atomic mass is 16.5. The van der Waals surface area contributed by atoms with Crippen LogP contribution in [0.25, 0.3) is 0 Å². The number of nitrogens with zero attached hydrogens (tertiary/aromatic N) is 1. The number of carbonyl (C=O) groups excluding carboxylic acids is 2. The number of aliphatic hydroxyl groups is 1. The molecule has 0 aromatic heterocycles. The first-order chi connectivity index (χ1) is 10.1. The Kier molecular flexibility index (Phi) is 5.30. The van der Waals surface area contributed by atoms with E-state index >= 15 is 0 Å². The van der Waals surface area contributed by atoms with Crippen LogP contribution in [-0.2, 0) is 20.9 Å². The smallest absolute Gasteiger partial charge is 0.308 e. The molecule has 0 spiro atoms. The minimum absolute atomic E-state index is 0.0484. The van der Waals surface area contributed by atoms with Crippen molar-refractivity contribution in [1.82, 2.24) is 4.90 Å². The molecule has 1 aromatic carbocycles. The third-order valence-electron chi connectivity index (χ3n) is 3.43. The maximum Gasteiger partial charge on any atom is 0.308 e. The van der Waals surface area contributed by atoms with Crippen LogP contribution in [0.3, 0.4) is 0 Å². The Hall–Kier alpha value is -1.92. The molecule has 0 saturated carbocycles. The Labute approximate surface area is 123 Å². The zero-order valence-electron chi connectivity index (χ0n) is 11.9. The number of benzene rings is 1. The summed E-state index contributed by atoms with van der Waals surface area (Å²) in [6, 6.07) is 6.83. The van der Waals surface area contributed by atoms with Gasteiger partial charge in [-0.05, 0) is 17.7 Å². The van der Waals surface area contributed by atoms with Crippen LogP contribution >= 0.6 is 0 Å². The van der Waals surface area contributed by atoms with E-state index < -0.39 is 0 Å². The number of hydrogen-bond acceptors (Lipinski definition) is 5. The molecule has 2 rings (SSSR count). The van der Waals surface area contributed by atoms with Gasteiger partial charge in [-0.15, -0.1) is 0 Å². The molecular formula is C15H19NO5. The van der Waals surface area contributed by atoms with Crippen LogP contribution in [-0.4, -0.2) is 54.8 Å². The molecule has 0 bridgehead atoms. The van der Waals surface area contributed by atoms with Crippen LogP contribution in [0.4, 0.5) is 0 Å². The molecule has 114 valence electrons. The van der Waals surface area contributed by atoms with Gasteiger partial charge in [-0.1, -0.05) is 12.1 Å². The van der Waals surface area contributed by atoms with Crippen molar-refractivity contribution in [3.8, 4) is 0 Å². The van der Waals surface area contributed by atoms with Crippen molar-refractivity contribution >= 4 is 11.9 Å². The average molecular weight is 293 g/mol. The summed E-state index contributed by atoms with van der Waals surface area (Å²) < 4.78 is 10.1. The number of rotatable bonds is 4. The normalized spacial score (nSPS) is 18.4. The van der Waals surface area contributed by atoms with E-state index in [0.29, 0.717) is 25.3 Å². The lowest BCUT2D eigenvalue weighted by molar-refractivity contribution is -0.145. The van der Waals surface area contributed by atoms with E-state index in [4.69, 9.17) is 9.84 Å². The van der Waals surface area contributed by atoms with Crippen LogP contribution in [0.5, 0.6) is 0 Å². The highest BCUT2D eigenvalue weighted by molar-refractivity contribution is 5.94. The summed E-state index contributed by atoms with van der Waals surface area (Å²) in [5.74, 6) is -0.445. The standard InChI is InChI=1S/C15H19NO5/c1-20-14(18)8-13-9-16(6-7-21-13)15(19)12-4-2-11(10-17)3-5-12/h2-5,13,17H,6-10H2,1H3. The Morgan fingerprint density at radius 1 is 1.38 bits per heavy atom. The molecule has 1 amide bonds. The van der Waals surface area contributed by atoms with Crippen LogP contribution in [0.2, 0.25) is 0 Å². The Balaban J connectivity index is 1.99. The molecule has 21 heavy (non-hydrogen) atoms. The van der Waals surface area contributed by atoms with Crippen LogP contribution in [0.1, 0.15) is 22.3 Å². The minimum atomic E-state index is -0.346. The third kappa shape index (κ3) is 4.03. The fourth-order valence-corrected chi connectivity index (χ4v) is 2.23. The number of methoxy groups -OCH3 is 1. The van der Waals surface area contributed by atoms with Gasteiger partial charge >= 0.3 is 5.97 Å². The molecule has 6 nitrogen and oxygen atoms in total. The van der Waals surface area contributed by atoms with Crippen molar-refractivity contribution in [2.75, 3.05) is 26.8 Å². The molecule has 0 radical (unpaired) electrons.